The van der Waals surface area contributed by atoms with Crippen LogP contribution in [-0.2, 0) is 12.8 Å². The Hall–Kier alpha value is -1.18. The molecule has 1 heterocycles. The zero-order valence-electron chi connectivity index (χ0n) is 11.8. The van der Waals surface area contributed by atoms with Crippen molar-refractivity contribution in [2.24, 2.45) is 0 Å². The summed E-state index contributed by atoms with van der Waals surface area (Å²) < 4.78 is 0. The summed E-state index contributed by atoms with van der Waals surface area (Å²) in [6.07, 6.45) is 7.47. The van der Waals surface area contributed by atoms with Crippen molar-refractivity contribution in [3.05, 3.63) is 23.3 Å². The third-order valence-electron chi connectivity index (χ3n) is 4.07. The molecule has 0 radical (unpaired) electrons. The number of hydrogen-bond acceptors (Lipinski definition) is 2. The van der Waals surface area contributed by atoms with E-state index in [0.29, 0.717) is 0 Å². The number of hydrogen-bond donors (Lipinski definition) is 1. The SMILES string of the molecule is CCc1cc(N2CCCCCC2)cc(CC)c1N. The van der Waals surface area contributed by atoms with Gasteiger partial charge in [0.1, 0.15) is 0 Å². The summed E-state index contributed by atoms with van der Waals surface area (Å²) in [6.45, 7) is 6.79. The molecule has 1 aromatic carbocycles. The Bertz CT molecular complexity index is 365. The molecule has 1 saturated heterocycles. The third-order valence-corrected chi connectivity index (χ3v) is 4.07. The summed E-state index contributed by atoms with van der Waals surface area (Å²) in [5.41, 5.74) is 11.2. The Morgan fingerprint density at radius 1 is 0.944 bits per heavy atom. The average Bonchev–Trinajstić information content (AvgIpc) is 2.68. The predicted molar refractivity (Wildman–Crippen MR) is 80.3 cm³/mol. The number of nitrogens with zero attached hydrogens (tertiary/aromatic N) is 1. The highest BCUT2D eigenvalue weighted by molar-refractivity contribution is 5.63. The van der Waals surface area contributed by atoms with Crippen LogP contribution in [0.15, 0.2) is 12.1 Å². The van der Waals surface area contributed by atoms with Gasteiger partial charge in [0.25, 0.3) is 0 Å². The lowest BCUT2D eigenvalue weighted by Gasteiger charge is -2.25. The average molecular weight is 246 g/mol. The molecule has 1 aliphatic heterocycles. The zero-order chi connectivity index (χ0) is 13.0. The van der Waals surface area contributed by atoms with Crippen molar-refractivity contribution in [2.75, 3.05) is 23.7 Å². The summed E-state index contributed by atoms with van der Waals surface area (Å²) in [5.74, 6) is 0. The van der Waals surface area contributed by atoms with Gasteiger partial charge >= 0.3 is 0 Å². The number of anilines is 2. The van der Waals surface area contributed by atoms with E-state index >= 15 is 0 Å². The van der Waals surface area contributed by atoms with Crippen LogP contribution in [-0.4, -0.2) is 13.1 Å². The van der Waals surface area contributed by atoms with Crippen molar-refractivity contribution >= 4 is 11.4 Å². The molecule has 1 aliphatic rings. The van der Waals surface area contributed by atoms with E-state index in [9.17, 15) is 0 Å². The molecule has 2 rings (SSSR count). The molecule has 0 spiro atoms. The van der Waals surface area contributed by atoms with E-state index in [1.54, 1.807) is 0 Å². The van der Waals surface area contributed by atoms with E-state index in [0.717, 1.165) is 18.5 Å². The van der Waals surface area contributed by atoms with Gasteiger partial charge in [0, 0.05) is 24.5 Å². The minimum absolute atomic E-state index is 1.01. The van der Waals surface area contributed by atoms with E-state index in [1.165, 1.54) is 55.6 Å². The fourth-order valence-corrected chi connectivity index (χ4v) is 2.86. The van der Waals surface area contributed by atoms with Crippen molar-refractivity contribution in [3.63, 3.8) is 0 Å². The molecule has 1 fully saturated rings. The molecule has 18 heavy (non-hydrogen) atoms. The molecule has 0 atom stereocenters. The molecular formula is C16H26N2. The molecule has 0 amide bonds. The van der Waals surface area contributed by atoms with Gasteiger partial charge in [-0.25, -0.2) is 0 Å². The monoisotopic (exact) mass is 246 g/mol. The molecule has 0 unspecified atom stereocenters. The number of nitrogen functional groups attached to an aromatic ring is 1. The Kier molecular flexibility index (Phi) is 4.51. The van der Waals surface area contributed by atoms with Crippen molar-refractivity contribution in [3.8, 4) is 0 Å². The Balaban J connectivity index is 2.31. The van der Waals surface area contributed by atoms with Crippen molar-refractivity contribution < 1.29 is 0 Å². The second-order valence-corrected chi connectivity index (χ2v) is 5.29. The number of nitrogens with two attached hydrogens (primary N) is 1. The fraction of sp³-hybridized carbons (Fsp3) is 0.625. The topological polar surface area (TPSA) is 29.3 Å². The zero-order valence-corrected chi connectivity index (χ0v) is 11.8. The number of rotatable bonds is 3. The lowest BCUT2D eigenvalue weighted by Crippen LogP contribution is -2.24. The van der Waals surface area contributed by atoms with Gasteiger partial charge in [-0.1, -0.05) is 26.7 Å². The van der Waals surface area contributed by atoms with Crippen LogP contribution >= 0.6 is 0 Å². The summed E-state index contributed by atoms with van der Waals surface area (Å²) in [4.78, 5) is 2.55. The Labute approximate surface area is 111 Å². The van der Waals surface area contributed by atoms with Gasteiger partial charge in [-0.05, 0) is 48.9 Å². The van der Waals surface area contributed by atoms with Crippen molar-refractivity contribution in [2.45, 2.75) is 52.4 Å². The summed E-state index contributed by atoms with van der Waals surface area (Å²) in [6, 6.07) is 4.61. The summed E-state index contributed by atoms with van der Waals surface area (Å²) in [7, 11) is 0. The molecular weight excluding hydrogens is 220 g/mol. The van der Waals surface area contributed by atoms with Crippen LogP contribution < -0.4 is 10.6 Å². The minimum Gasteiger partial charge on any atom is -0.398 e. The lowest BCUT2D eigenvalue weighted by atomic mass is 10.0. The van der Waals surface area contributed by atoms with Gasteiger partial charge in [0.2, 0.25) is 0 Å². The second-order valence-electron chi connectivity index (χ2n) is 5.29. The van der Waals surface area contributed by atoms with Crippen LogP contribution in [0.1, 0.15) is 50.7 Å². The number of aryl methyl sites for hydroxylation is 2. The van der Waals surface area contributed by atoms with Gasteiger partial charge in [0.15, 0.2) is 0 Å². The van der Waals surface area contributed by atoms with Crippen LogP contribution in [0, 0.1) is 0 Å². The van der Waals surface area contributed by atoms with Gasteiger partial charge in [-0.2, -0.15) is 0 Å². The molecule has 0 bridgehead atoms. The number of benzene rings is 1. The summed E-state index contributed by atoms with van der Waals surface area (Å²) in [5, 5.41) is 0. The molecule has 0 aliphatic carbocycles. The van der Waals surface area contributed by atoms with Crippen LogP contribution in [0.25, 0.3) is 0 Å². The second kappa shape index (κ2) is 6.12. The van der Waals surface area contributed by atoms with Crippen LogP contribution in [0.4, 0.5) is 11.4 Å². The maximum atomic E-state index is 6.22. The van der Waals surface area contributed by atoms with E-state index < -0.39 is 0 Å². The maximum absolute atomic E-state index is 6.22. The van der Waals surface area contributed by atoms with Crippen molar-refractivity contribution in [1.82, 2.24) is 0 Å². The molecule has 2 nitrogen and oxygen atoms in total. The van der Waals surface area contributed by atoms with Gasteiger partial charge in [-0.15, -0.1) is 0 Å². The normalized spacial score (nSPS) is 16.7. The van der Waals surface area contributed by atoms with E-state index in [-0.39, 0.29) is 0 Å². The molecule has 0 aromatic heterocycles. The quantitative estimate of drug-likeness (QED) is 0.823. The Morgan fingerprint density at radius 2 is 1.44 bits per heavy atom. The molecule has 2 heteroatoms. The minimum atomic E-state index is 1.01. The highest BCUT2D eigenvalue weighted by Crippen LogP contribution is 2.28. The molecule has 100 valence electrons. The van der Waals surface area contributed by atoms with E-state index in [1.807, 2.05) is 0 Å². The van der Waals surface area contributed by atoms with Gasteiger partial charge < -0.3 is 10.6 Å². The van der Waals surface area contributed by atoms with Crippen LogP contribution in [0.5, 0.6) is 0 Å². The first kappa shape index (κ1) is 13.3. The largest absolute Gasteiger partial charge is 0.398 e. The molecule has 1 aromatic rings. The van der Waals surface area contributed by atoms with E-state index in [2.05, 4.69) is 30.9 Å². The first-order valence-corrected chi connectivity index (χ1v) is 7.42. The summed E-state index contributed by atoms with van der Waals surface area (Å²) >= 11 is 0. The smallest absolute Gasteiger partial charge is 0.0380 e. The molecule has 2 N–H and O–H groups in total. The standard InChI is InChI=1S/C16H26N2/c1-3-13-11-15(12-14(4-2)16(13)17)18-9-7-5-6-8-10-18/h11-12H,3-10,17H2,1-2H3. The lowest BCUT2D eigenvalue weighted by molar-refractivity contribution is 0.726. The van der Waals surface area contributed by atoms with Gasteiger partial charge in [-0.3, -0.25) is 0 Å². The van der Waals surface area contributed by atoms with Gasteiger partial charge in [0.05, 0.1) is 0 Å². The Morgan fingerprint density at radius 3 is 1.89 bits per heavy atom. The molecule has 0 saturated carbocycles. The first-order valence-electron chi connectivity index (χ1n) is 7.42. The maximum Gasteiger partial charge on any atom is 0.0380 e. The fourth-order valence-electron chi connectivity index (χ4n) is 2.86. The van der Waals surface area contributed by atoms with Crippen molar-refractivity contribution in [1.29, 1.82) is 0 Å². The third kappa shape index (κ3) is 2.80. The van der Waals surface area contributed by atoms with Crippen LogP contribution in [0.3, 0.4) is 0 Å². The first-order chi connectivity index (χ1) is 8.76. The predicted octanol–water partition coefficient (Wildman–Crippen LogP) is 3.77. The van der Waals surface area contributed by atoms with E-state index in [4.69, 9.17) is 5.73 Å². The highest BCUT2D eigenvalue weighted by Gasteiger charge is 2.13. The highest BCUT2D eigenvalue weighted by atomic mass is 15.1. The van der Waals surface area contributed by atoms with Crippen LogP contribution in [0.2, 0.25) is 0 Å².